The highest BCUT2D eigenvalue weighted by atomic mass is 35.5. The molecular weight excluding hydrogens is 550 g/mol. The van der Waals surface area contributed by atoms with E-state index in [0.29, 0.717) is 38.5 Å². The number of pyridine rings is 1. The second kappa shape index (κ2) is 11.3. The van der Waals surface area contributed by atoms with Gasteiger partial charge in [-0.25, -0.2) is 13.4 Å². The fourth-order valence-corrected chi connectivity index (χ4v) is 5.57. The number of methoxy groups -OCH3 is 2. The Hall–Kier alpha value is -4.60. The molecule has 0 radical (unpaired) electrons. The lowest BCUT2D eigenvalue weighted by atomic mass is 10.0. The zero-order chi connectivity index (χ0) is 28.3. The van der Waals surface area contributed by atoms with E-state index in [2.05, 4.69) is 10.0 Å². The zero-order valence-corrected chi connectivity index (χ0v) is 23.1. The number of rotatable bonds is 8. The normalized spacial score (nSPS) is 11.2. The largest absolute Gasteiger partial charge is 0.495 e. The number of nitrogens with one attached hydrogen (secondary N) is 2. The van der Waals surface area contributed by atoms with Crippen molar-refractivity contribution in [3.05, 3.63) is 108 Å². The maximum Gasteiger partial charge on any atom is 0.262 e. The number of anilines is 2. The van der Waals surface area contributed by atoms with Gasteiger partial charge in [0.15, 0.2) is 0 Å². The van der Waals surface area contributed by atoms with E-state index in [1.54, 1.807) is 42.5 Å². The topological polar surface area (TPSA) is 107 Å². The predicted octanol–water partition coefficient (Wildman–Crippen LogP) is 6.63. The molecule has 2 N–H and O–H groups in total. The molecule has 0 spiro atoms. The molecule has 5 aromatic rings. The molecule has 5 rings (SSSR count). The highest BCUT2D eigenvalue weighted by Crippen LogP contribution is 2.33. The Balaban J connectivity index is 1.53. The summed E-state index contributed by atoms with van der Waals surface area (Å²) in [7, 11) is -1.15. The molecule has 0 saturated carbocycles. The smallest absolute Gasteiger partial charge is 0.262 e. The fourth-order valence-electron chi connectivity index (χ4n) is 4.24. The van der Waals surface area contributed by atoms with Gasteiger partial charge in [-0.1, -0.05) is 60.1 Å². The van der Waals surface area contributed by atoms with Gasteiger partial charge in [0.25, 0.3) is 15.9 Å². The third kappa shape index (κ3) is 5.42. The van der Waals surface area contributed by atoms with Gasteiger partial charge in [-0.05, 0) is 48.5 Å². The van der Waals surface area contributed by atoms with E-state index in [1.165, 1.54) is 32.4 Å². The molecule has 202 valence electrons. The van der Waals surface area contributed by atoms with E-state index in [4.69, 9.17) is 26.1 Å². The number of carbonyl (C=O) groups is 1. The quantitative estimate of drug-likeness (QED) is 0.216. The third-order valence-corrected chi connectivity index (χ3v) is 7.88. The molecule has 0 unspecified atom stereocenters. The number of halogens is 1. The number of benzene rings is 4. The number of carbonyl (C=O) groups excluding carboxylic acids is 1. The lowest BCUT2D eigenvalue weighted by Gasteiger charge is -2.15. The number of para-hydroxylation sites is 3. The fraction of sp³-hybridized carbons (Fsp3) is 0.0667. The molecule has 8 nitrogen and oxygen atoms in total. The summed E-state index contributed by atoms with van der Waals surface area (Å²) in [5, 5.41) is 3.94. The Morgan fingerprint density at radius 3 is 2.25 bits per heavy atom. The highest BCUT2D eigenvalue weighted by molar-refractivity contribution is 7.92. The number of hydrogen-bond acceptors (Lipinski definition) is 6. The van der Waals surface area contributed by atoms with Gasteiger partial charge in [-0.2, -0.15) is 0 Å². The predicted molar refractivity (Wildman–Crippen MR) is 157 cm³/mol. The molecule has 40 heavy (non-hydrogen) atoms. The summed E-state index contributed by atoms with van der Waals surface area (Å²) in [6.45, 7) is 0. The molecule has 0 aliphatic carbocycles. The maximum atomic E-state index is 13.7. The van der Waals surface area contributed by atoms with Crippen LogP contribution in [-0.4, -0.2) is 33.5 Å². The van der Waals surface area contributed by atoms with E-state index in [-0.39, 0.29) is 22.0 Å². The van der Waals surface area contributed by atoms with Gasteiger partial charge in [0, 0.05) is 16.0 Å². The number of amides is 1. The van der Waals surface area contributed by atoms with Gasteiger partial charge < -0.3 is 14.8 Å². The van der Waals surface area contributed by atoms with Crippen LogP contribution in [-0.2, 0) is 10.0 Å². The molecule has 10 heteroatoms. The van der Waals surface area contributed by atoms with Crippen LogP contribution >= 0.6 is 11.6 Å². The van der Waals surface area contributed by atoms with Gasteiger partial charge in [0.1, 0.15) is 11.5 Å². The summed E-state index contributed by atoms with van der Waals surface area (Å²) in [5.41, 5.74) is 2.60. The minimum absolute atomic E-state index is 0.0779. The number of nitrogens with zero attached hydrogens (tertiary/aromatic N) is 1. The highest BCUT2D eigenvalue weighted by Gasteiger charge is 2.21. The number of sulfonamides is 1. The number of ether oxygens (including phenoxy) is 2. The number of aromatic nitrogens is 1. The van der Waals surface area contributed by atoms with Crippen LogP contribution in [0.2, 0.25) is 5.02 Å². The van der Waals surface area contributed by atoms with Gasteiger partial charge in [0.2, 0.25) is 0 Å². The number of hydrogen-bond donors (Lipinski definition) is 2. The van der Waals surface area contributed by atoms with Crippen LogP contribution in [0.3, 0.4) is 0 Å². The summed E-state index contributed by atoms with van der Waals surface area (Å²) < 4.78 is 39.7. The van der Waals surface area contributed by atoms with E-state index in [1.807, 2.05) is 36.4 Å². The monoisotopic (exact) mass is 573 g/mol. The average molecular weight is 574 g/mol. The van der Waals surface area contributed by atoms with Gasteiger partial charge in [-0.15, -0.1) is 0 Å². The van der Waals surface area contributed by atoms with E-state index in [0.717, 1.165) is 0 Å². The molecular formula is C30H24ClN3O5S. The van der Waals surface area contributed by atoms with Gasteiger partial charge >= 0.3 is 0 Å². The molecule has 0 aliphatic rings. The van der Waals surface area contributed by atoms with Crippen LogP contribution in [0.15, 0.2) is 102 Å². The minimum atomic E-state index is -4.04. The first-order valence-electron chi connectivity index (χ1n) is 12.1. The van der Waals surface area contributed by atoms with E-state index in [9.17, 15) is 13.2 Å². The maximum absolute atomic E-state index is 13.7. The summed E-state index contributed by atoms with van der Waals surface area (Å²) >= 11 is 6.42. The molecule has 0 bridgehead atoms. The Bertz CT molecular complexity index is 1840. The van der Waals surface area contributed by atoms with Crippen molar-refractivity contribution in [1.29, 1.82) is 0 Å². The lowest BCUT2D eigenvalue weighted by molar-refractivity contribution is 0.102. The third-order valence-electron chi connectivity index (χ3n) is 6.19. The SMILES string of the molecule is COc1ccc(S(=O)(=O)Nc2ccccc2OC)cc1NC(=O)c1cc(-c2ccccc2Cl)nc2ccccc12. The Kier molecular flexibility index (Phi) is 7.59. The number of fused-ring (bicyclic) bond motifs is 1. The molecule has 0 fully saturated rings. The van der Waals surface area contributed by atoms with Crippen LogP contribution in [0, 0.1) is 0 Å². The summed E-state index contributed by atoms with van der Waals surface area (Å²) in [6.07, 6.45) is 0. The van der Waals surface area contributed by atoms with Crippen molar-refractivity contribution in [1.82, 2.24) is 4.98 Å². The van der Waals surface area contributed by atoms with Crippen molar-refractivity contribution in [2.75, 3.05) is 24.3 Å². The second-order valence-electron chi connectivity index (χ2n) is 8.67. The van der Waals surface area contributed by atoms with Crippen molar-refractivity contribution in [3.63, 3.8) is 0 Å². The first-order chi connectivity index (χ1) is 19.3. The first kappa shape index (κ1) is 27.0. The lowest BCUT2D eigenvalue weighted by Crippen LogP contribution is -2.16. The molecule has 0 aliphatic heterocycles. The minimum Gasteiger partial charge on any atom is -0.495 e. The van der Waals surface area contributed by atoms with Gasteiger partial charge in [-0.3, -0.25) is 9.52 Å². The molecule has 0 saturated heterocycles. The van der Waals surface area contributed by atoms with Crippen molar-refractivity contribution in [3.8, 4) is 22.8 Å². The molecule has 1 heterocycles. The summed E-state index contributed by atoms with van der Waals surface area (Å²) in [6, 6.07) is 27.0. The van der Waals surface area contributed by atoms with E-state index < -0.39 is 15.9 Å². The Morgan fingerprint density at radius 1 is 0.800 bits per heavy atom. The van der Waals surface area contributed by atoms with Crippen molar-refractivity contribution < 1.29 is 22.7 Å². The van der Waals surface area contributed by atoms with Crippen molar-refractivity contribution in [2.24, 2.45) is 0 Å². The Morgan fingerprint density at radius 2 is 1.48 bits per heavy atom. The molecule has 1 aromatic heterocycles. The van der Waals surface area contributed by atoms with Crippen molar-refractivity contribution in [2.45, 2.75) is 4.90 Å². The molecule has 1 amide bonds. The standard InChI is InChI=1S/C30H24ClN3O5S/c1-38-28-14-8-7-13-25(28)34-40(36,37)19-15-16-29(39-2)27(17-19)33-30(35)22-18-26(21-10-3-5-11-23(21)31)32-24-12-6-4-9-20(22)24/h3-18,34H,1-2H3,(H,33,35). The molecule has 0 atom stereocenters. The second-order valence-corrected chi connectivity index (χ2v) is 10.8. The van der Waals surface area contributed by atoms with Gasteiger partial charge in [0.05, 0.1) is 47.3 Å². The van der Waals surface area contributed by atoms with Crippen LogP contribution in [0.5, 0.6) is 11.5 Å². The van der Waals surface area contributed by atoms with Crippen molar-refractivity contribution >= 4 is 49.8 Å². The first-order valence-corrected chi connectivity index (χ1v) is 14.0. The zero-order valence-electron chi connectivity index (χ0n) is 21.5. The average Bonchev–Trinajstić information content (AvgIpc) is 2.97. The van der Waals surface area contributed by atoms with Crippen LogP contribution in [0.4, 0.5) is 11.4 Å². The van der Waals surface area contributed by atoms with Crippen LogP contribution in [0.1, 0.15) is 10.4 Å². The van der Waals surface area contributed by atoms with E-state index >= 15 is 0 Å². The Labute approximate surface area is 236 Å². The summed E-state index contributed by atoms with van der Waals surface area (Å²) in [4.78, 5) is 18.3. The van der Waals surface area contributed by atoms with Crippen LogP contribution in [0.25, 0.3) is 22.2 Å². The molecule has 4 aromatic carbocycles. The summed E-state index contributed by atoms with van der Waals surface area (Å²) in [5.74, 6) is 0.179. The van der Waals surface area contributed by atoms with Crippen LogP contribution < -0.4 is 19.5 Å².